The SMILES string of the molecule is CC(NCC(F)(F)CO)C(=O)N(C)C. The number of amides is 1. The number of carbonyl (C=O) groups excluding carboxylic acids is 1. The first-order valence-corrected chi connectivity index (χ1v) is 4.23. The molecular formula is C8H16F2N2O2. The molecule has 1 amide bonds. The van der Waals surface area contributed by atoms with Crippen LogP contribution in [0.3, 0.4) is 0 Å². The van der Waals surface area contributed by atoms with Gasteiger partial charge in [-0.3, -0.25) is 4.79 Å². The van der Waals surface area contributed by atoms with Gasteiger partial charge in [-0.25, -0.2) is 8.78 Å². The maximum absolute atomic E-state index is 12.5. The molecule has 0 saturated heterocycles. The van der Waals surface area contributed by atoms with E-state index < -0.39 is 25.1 Å². The molecule has 2 N–H and O–H groups in total. The number of rotatable bonds is 5. The van der Waals surface area contributed by atoms with Gasteiger partial charge >= 0.3 is 0 Å². The lowest BCUT2D eigenvalue weighted by molar-refractivity contribution is -0.131. The van der Waals surface area contributed by atoms with Crippen molar-refractivity contribution in [2.24, 2.45) is 0 Å². The molecule has 0 aliphatic rings. The van der Waals surface area contributed by atoms with E-state index in [4.69, 9.17) is 5.11 Å². The van der Waals surface area contributed by atoms with Crippen molar-refractivity contribution < 1.29 is 18.7 Å². The van der Waals surface area contributed by atoms with Crippen LogP contribution in [0.1, 0.15) is 6.92 Å². The molecule has 0 spiro atoms. The summed E-state index contributed by atoms with van der Waals surface area (Å²) in [5.41, 5.74) is 0. The molecule has 4 nitrogen and oxygen atoms in total. The fraction of sp³-hybridized carbons (Fsp3) is 0.875. The topological polar surface area (TPSA) is 52.6 Å². The first kappa shape index (κ1) is 13.2. The molecule has 0 fully saturated rings. The highest BCUT2D eigenvalue weighted by atomic mass is 19.3. The predicted octanol–water partition coefficient (Wildman–Crippen LogP) is -0.320. The minimum Gasteiger partial charge on any atom is -0.390 e. The zero-order chi connectivity index (χ0) is 11.4. The average molecular weight is 210 g/mol. The van der Waals surface area contributed by atoms with E-state index in [-0.39, 0.29) is 5.91 Å². The Kier molecular flexibility index (Phi) is 4.93. The molecule has 14 heavy (non-hydrogen) atoms. The summed E-state index contributed by atoms with van der Waals surface area (Å²) in [6.07, 6.45) is 0. The van der Waals surface area contributed by atoms with E-state index in [2.05, 4.69) is 5.32 Å². The van der Waals surface area contributed by atoms with E-state index in [1.807, 2.05) is 0 Å². The zero-order valence-corrected chi connectivity index (χ0v) is 8.55. The fourth-order valence-corrected chi connectivity index (χ4v) is 0.833. The molecule has 0 radical (unpaired) electrons. The molecule has 0 saturated carbocycles. The number of nitrogens with one attached hydrogen (secondary N) is 1. The zero-order valence-electron chi connectivity index (χ0n) is 8.55. The Morgan fingerprint density at radius 2 is 2.07 bits per heavy atom. The van der Waals surface area contributed by atoms with Crippen molar-refractivity contribution in [2.45, 2.75) is 18.9 Å². The van der Waals surface area contributed by atoms with Crippen LogP contribution < -0.4 is 5.32 Å². The molecule has 0 aliphatic heterocycles. The fourth-order valence-electron chi connectivity index (χ4n) is 0.833. The van der Waals surface area contributed by atoms with Crippen LogP contribution in [-0.4, -0.2) is 55.1 Å². The highest BCUT2D eigenvalue weighted by Crippen LogP contribution is 2.10. The van der Waals surface area contributed by atoms with Gasteiger partial charge in [-0.05, 0) is 6.92 Å². The van der Waals surface area contributed by atoms with Crippen molar-refractivity contribution in [1.82, 2.24) is 10.2 Å². The second-order valence-electron chi connectivity index (χ2n) is 3.35. The molecule has 84 valence electrons. The minimum atomic E-state index is -3.18. The monoisotopic (exact) mass is 210 g/mol. The van der Waals surface area contributed by atoms with Gasteiger partial charge in [0.15, 0.2) is 0 Å². The molecule has 0 heterocycles. The smallest absolute Gasteiger partial charge is 0.282 e. The summed E-state index contributed by atoms with van der Waals surface area (Å²) in [5, 5.41) is 10.6. The predicted molar refractivity (Wildman–Crippen MR) is 48.2 cm³/mol. The Morgan fingerprint density at radius 3 is 2.43 bits per heavy atom. The van der Waals surface area contributed by atoms with Crippen LogP contribution >= 0.6 is 0 Å². The van der Waals surface area contributed by atoms with Crippen molar-refractivity contribution in [3.8, 4) is 0 Å². The van der Waals surface area contributed by atoms with E-state index in [9.17, 15) is 13.6 Å². The minimum absolute atomic E-state index is 0.279. The second-order valence-corrected chi connectivity index (χ2v) is 3.35. The lowest BCUT2D eigenvalue weighted by Crippen LogP contribution is -2.46. The summed E-state index contributed by atoms with van der Waals surface area (Å²) < 4.78 is 25.1. The molecule has 0 aromatic rings. The first-order chi connectivity index (χ1) is 6.30. The summed E-state index contributed by atoms with van der Waals surface area (Å²) in [5.74, 6) is -3.46. The van der Waals surface area contributed by atoms with Crippen molar-refractivity contribution in [2.75, 3.05) is 27.2 Å². The van der Waals surface area contributed by atoms with E-state index in [1.54, 1.807) is 14.1 Å². The lowest BCUT2D eigenvalue weighted by atomic mass is 10.2. The van der Waals surface area contributed by atoms with Crippen molar-refractivity contribution >= 4 is 5.91 Å². The number of halogens is 2. The number of hydrogen-bond donors (Lipinski definition) is 2. The number of alkyl halides is 2. The van der Waals surface area contributed by atoms with Crippen molar-refractivity contribution in [3.05, 3.63) is 0 Å². The van der Waals surface area contributed by atoms with E-state index in [1.165, 1.54) is 11.8 Å². The molecule has 0 aromatic carbocycles. The summed E-state index contributed by atoms with van der Waals surface area (Å²) in [6, 6.07) is -0.678. The van der Waals surface area contributed by atoms with Crippen LogP contribution in [0, 0.1) is 0 Å². The highest BCUT2D eigenvalue weighted by molar-refractivity contribution is 5.80. The molecular weight excluding hydrogens is 194 g/mol. The molecule has 0 rings (SSSR count). The number of hydrogen-bond acceptors (Lipinski definition) is 3. The van der Waals surface area contributed by atoms with Gasteiger partial charge in [-0.2, -0.15) is 0 Å². The third-order valence-corrected chi connectivity index (χ3v) is 1.71. The van der Waals surface area contributed by atoms with Gasteiger partial charge in [0.1, 0.15) is 6.61 Å². The van der Waals surface area contributed by atoms with Crippen LogP contribution in [0.5, 0.6) is 0 Å². The number of nitrogens with zero attached hydrogens (tertiary/aromatic N) is 1. The third-order valence-electron chi connectivity index (χ3n) is 1.71. The number of aliphatic hydroxyl groups is 1. The average Bonchev–Trinajstić information content (AvgIpc) is 2.13. The normalized spacial score (nSPS) is 13.9. The Bertz CT molecular complexity index is 198. The van der Waals surface area contributed by atoms with E-state index >= 15 is 0 Å². The number of aliphatic hydroxyl groups excluding tert-OH is 1. The van der Waals surface area contributed by atoms with Gasteiger partial charge < -0.3 is 15.3 Å². The second kappa shape index (κ2) is 5.21. The van der Waals surface area contributed by atoms with Crippen LogP contribution in [0.2, 0.25) is 0 Å². The van der Waals surface area contributed by atoms with Gasteiger partial charge in [0, 0.05) is 14.1 Å². The van der Waals surface area contributed by atoms with Crippen LogP contribution in [0.25, 0.3) is 0 Å². The lowest BCUT2D eigenvalue weighted by Gasteiger charge is -2.20. The Morgan fingerprint density at radius 1 is 1.57 bits per heavy atom. The number of carbonyl (C=O) groups is 1. The maximum atomic E-state index is 12.5. The van der Waals surface area contributed by atoms with Crippen molar-refractivity contribution in [3.63, 3.8) is 0 Å². The van der Waals surface area contributed by atoms with Gasteiger partial charge in [0.2, 0.25) is 5.91 Å². The van der Waals surface area contributed by atoms with Gasteiger partial charge in [0.05, 0.1) is 12.6 Å². The van der Waals surface area contributed by atoms with Gasteiger partial charge in [-0.15, -0.1) is 0 Å². The third kappa shape index (κ3) is 4.48. The largest absolute Gasteiger partial charge is 0.390 e. The Labute approximate surface area is 81.9 Å². The Hall–Kier alpha value is -0.750. The van der Waals surface area contributed by atoms with Crippen molar-refractivity contribution in [1.29, 1.82) is 0 Å². The quantitative estimate of drug-likeness (QED) is 0.654. The molecule has 1 atom stereocenters. The van der Waals surface area contributed by atoms with Crippen LogP contribution in [-0.2, 0) is 4.79 Å². The summed E-state index contributed by atoms with van der Waals surface area (Å²) in [4.78, 5) is 12.5. The molecule has 0 aliphatic carbocycles. The number of likely N-dealkylation sites (N-methyl/N-ethyl adjacent to an activating group) is 1. The van der Waals surface area contributed by atoms with Gasteiger partial charge in [-0.1, -0.05) is 0 Å². The Balaban J connectivity index is 3.97. The summed E-state index contributed by atoms with van der Waals surface area (Å²) in [7, 11) is 3.09. The van der Waals surface area contributed by atoms with Crippen LogP contribution in [0.4, 0.5) is 8.78 Å². The highest BCUT2D eigenvalue weighted by Gasteiger charge is 2.29. The molecule has 0 aromatic heterocycles. The summed E-state index contributed by atoms with van der Waals surface area (Å²) >= 11 is 0. The standard InChI is InChI=1S/C8H16F2N2O2/c1-6(7(14)12(2)3)11-4-8(9,10)5-13/h6,11,13H,4-5H2,1-3H3. The molecule has 1 unspecified atom stereocenters. The molecule has 6 heteroatoms. The maximum Gasteiger partial charge on any atom is 0.282 e. The summed E-state index contributed by atoms with van der Waals surface area (Å²) in [6.45, 7) is -0.428. The first-order valence-electron chi connectivity index (χ1n) is 4.23. The van der Waals surface area contributed by atoms with Crippen LogP contribution in [0.15, 0.2) is 0 Å². The van der Waals surface area contributed by atoms with E-state index in [0.717, 1.165) is 0 Å². The van der Waals surface area contributed by atoms with Gasteiger partial charge in [0.25, 0.3) is 5.92 Å². The molecule has 0 bridgehead atoms. The van der Waals surface area contributed by atoms with E-state index in [0.29, 0.717) is 0 Å².